The molecule has 4 rings (SSSR count). The van der Waals surface area contributed by atoms with Gasteiger partial charge in [-0.25, -0.2) is 13.8 Å². The summed E-state index contributed by atoms with van der Waals surface area (Å²) < 4.78 is 74.2. The van der Waals surface area contributed by atoms with Crippen molar-refractivity contribution in [2.24, 2.45) is 0 Å². The van der Waals surface area contributed by atoms with Gasteiger partial charge in [-0.1, -0.05) is 6.07 Å². The zero-order valence-corrected chi connectivity index (χ0v) is 18.0. The summed E-state index contributed by atoms with van der Waals surface area (Å²) in [5.74, 6) is -2.20. The molecule has 0 unspecified atom stereocenters. The average molecular weight is 559 g/mol. The lowest BCUT2D eigenvalue weighted by molar-refractivity contribution is -0.138. The van der Waals surface area contributed by atoms with Crippen LogP contribution in [0.5, 0.6) is 11.6 Å². The topological polar surface area (TPSA) is 57.0 Å². The summed E-state index contributed by atoms with van der Waals surface area (Å²) in [5, 5.41) is 0.0478. The summed E-state index contributed by atoms with van der Waals surface area (Å²) in [7, 11) is 0. The second-order valence-electron chi connectivity index (χ2n) is 6.70. The van der Waals surface area contributed by atoms with Crippen LogP contribution in [0, 0.1) is 15.2 Å². The molecule has 0 bridgehead atoms. The molecule has 0 fully saturated rings. The molecule has 4 aromatic rings. The standard InChI is InChI=1S/C21H11F5IN3O2/c22-12-2-1-11(17(23)5-12)9-30-10-29-19(31)15-7-14(3-4-18(15)30)32-20-16(21(24,25)26)6-13(27)8-28-20/h1-8,10H,9H2. The van der Waals surface area contributed by atoms with Gasteiger partial charge in [-0.05, 0) is 52.9 Å². The van der Waals surface area contributed by atoms with Crippen molar-refractivity contribution >= 4 is 33.5 Å². The van der Waals surface area contributed by atoms with Gasteiger partial charge in [0.25, 0.3) is 5.56 Å². The largest absolute Gasteiger partial charge is 0.438 e. The maximum atomic E-state index is 14.0. The number of fused-ring (bicyclic) bond motifs is 1. The highest BCUT2D eigenvalue weighted by molar-refractivity contribution is 14.1. The molecule has 5 nitrogen and oxygen atoms in total. The van der Waals surface area contributed by atoms with Crippen molar-refractivity contribution in [2.45, 2.75) is 12.7 Å². The van der Waals surface area contributed by atoms with Crippen LogP contribution in [0.2, 0.25) is 0 Å². The van der Waals surface area contributed by atoms with E-state index < -0.39 is 34.8 Å². The molecule has 2 aromatic heterocycles. The number of hydrogen-bond acceptors (Lipinski definition) is 4. The molecule has 0 N–H and O–H groups in total. The van der Waals surface area contributed by atoms with E-state index in [4.69, 9.17) is 4.74 Å². The zero-order valence-electron chi connectivity index (χ0n) is 15.8. The van der Waals surface area contributed by atoms with Gasteiger partial charge in [-0.3, -0.25) is 4.79 Å². The first-order valence-corrected chi connectivity index (χ1v) is 10.0. The fraction of sp³-hybridized carbons (Fsp3) is 0.0952. The molecular weight excluding hydrogens is 548 g/mol. The van der Waals surface area contributed by atoms with E-state index in [1.807, 2.05) is 0 Å². The van der Waals surface area contributed by atoms with E-state index in [1.165, 1.54) is 41.4 Å². The summed E-state index contributed by atoms with van der Waals surface area (Å²) >= 11 is 1.71. The maximum Gasteiger partial charge on any atom is 0.421 e. The molecule has 0 aliphatic carbocycles. The molecule has 0 saturated carbocycles. The fourth-order valence-corrected chi connectivity index (χ4v) is 3.49. The lowest BCUT2D eigenvalue weighted by Crippen LogP contribution is -2.14. The molecule has 0 aliphatic heterocycles. The third-order valence-corrected chi connectivity index (χ3v) is 5.11. The van der Waals surface area contributed by atoms with Crippen LogP contribution in [0.15, 0.2) is 59.8 Å². The predicted molar refractivity (Wildman–Crippen MR) is 113 cm³/mol. The predicted octanol–water partition coefficient (Wildman–Crippen LogP) is 5.53. The van der Waals surface area contributed by atoms with Crippen LogP contribution in [0.3, 0.4) is 0 Å². The molecule has 2 aromatic carbocycles. The van der Waals surface area contributed by atoms with E-state index in [-0.39, 0.29) is 26.8 Å². The molecule has 0 radical (unpaired) electrons. The minimum atomic E-state index is -4.69. The SMILES string of the molecule is O=c1ncn(Cc2ccc(F)cc2F)c2ccc(Oc3ncc(I)cc3C(F)(F)F)cc12. The minimum Gasteiger partial charge on any atom is -0.438 e. The number of nitrogens with zero attached hydrogens (tertiary/aromatic N) is 3. The normalized spacial score (nSPS) is 11.7. The van der Waals surface area contributed by atoms with Gasteiger partial charge in [0.15, 0.2) is 0 Å². The first-order valence-electron chi connectivity index (χ1n) is 8.95. The molecule has 0 saturated heterocycles. The van der Waals surface area contributed by atoms with Gasteiger partial charge in [-0.2, -0.15) is 18.2 Å². The summed E-state index contributed by atoms with van der Waals surface area (Å²) in [6, 6.07) is 8.06. The summed E-state index contributed by atoms with van der Waals surface area (Å²) in [4.78, 5) is 19.7. The molecule has 11 heteroatoms. The Labute approximate surface area is 190 Å². The molecular formula is C21H11F5IN3O2. The second kappa shape index (κ2) is 8.45. The van der Waals surface area contributed by atoms with Crippen LogP contribution in [-0.2, 0) is 12.7 Å². The number of alkyl halides is 3. The van der Waals surface area contributed by atoms with Crippen molar-refractivity contribution in [3.8, 4) is 11.6 Å². The molecule has 0 amide bonds. The Bertz CT molecular complexity index is 1390. The third-order valence-electron chi connectivity index (χ3n) is 4.52. The number of ether oxygens (including phenoxy) is 1. The number of benzene rings is 2. The second-order valence-corrected chi connectivity index (χ2v) is 7.94. The fourth-order valence-electron chi connectivity index (χ4n) is 3.04. The Morgan fingerprint density at radius 1 is 1.03 bits per heavy atom. The highest BCUT2D eigenvalue weighted by Crippen LogP contribution is 2.37. The van der Waals surface area contributed by atoms with Crippen LogP contribution in [-0.4, -0.2) is 14.5 Å². The van der Waals surface area contributed by atoms with Gasteiger partial charge in [-0.15, -0.1) is 0 Å². The van der Waals surface area contributed by atoms with E-state index in [0.717, 1.165) is 18.2 Å². The van der Waals surface area contributed by atoms with Crippen LogP contribution >= 0.6 is 22.6 Å². The van der Waals surface area contributed by atoms with Gasteiger partial charge in [0.1, 0.15) is 22.9 Å². The molecule has 2 heterocycles. The van der Waals surface area contributed by atoms with E-state index in [0.29, 0.717) is 5.52 Å². The van der Waals surface area contributed by atoms with Gasteiger partial charge in [0, 0.05) is 21.4 Å². The smallest absolute Gasteiger partial charge is 0.421 e. The van der Waals surface area contributed by atoms with Crippen molar-refractivity contribution in [1.82, 2.24) is 14.5 Å². The molecule has 0 atom stereocenters. The van der Waals surface area contributed by atoms with Gasteiger partial charge < -0.3 is 9.30 Å². The molecule has 164 valence electrons. The molecule has 32 heavy (non-hydrogen) atoms. The van der Waals surface area contributed by atoms with Crippen molar-refractivity contribution in [1.29, 1.82) is 0 Å². The highest BCUT2D eigenvalue weighted by Gasteiger charge is 2.36. The van der Waals surface area contributed by atoms with Crippen molar-refractivity contribution < 1.29 is 26.7 Å². The van der Waals surface area contributed by atoms with Crippen molar-refractivity contribution in [3.63, 3.8) is 0 Å². The first kappa shape index (κ1) is 22.1. The molecule has 0 aliphatic rings. The number of hydrogen-bond donors (Lipinski definition) is 0. The third kappa shape index (κ3) is 4.56. The van der Waals surface area contributed by atoms with Gasteiger partial charge in [0.05, 0.1) is 23.8 Å². The Balaban J connectivity index is 1.73. The highest BCUT2D eigenvalue weighted by atomic mass is 127. The lowest BCUT2D eigenvalue weighted by Gasteiger charge is -2.14. The van der Waals surface area contributed by atoms with E-state index in [9.17, 15) is 26.7 Å². The molecule has 0 spiro atoms. The summed E-state index contributed by atoms with van der Waals surface area (Å²) in [5.41, 5.74) is -1.20. The van der Waals surface area contributed by atoms with E-state index in [1.54, 1.807) is 22.6 Å². The quantitative estimate of drug-likeness (QED) is 0.244. The van der Waals surface area contributed by atoms with Crippen molar-refractivity contribution in [2.75, 3.05) is 0 Å². The van der Waals surface area contributed by atoms with Crippen LogP contribution in [0.1, 0.15) is 11.1 Å². The lowest BCUT2D eigenvalue weighted by atomic mass is 10.2. The van der Waals surface area contributed by atoms with E-state index in [2.05, 4.69) is 9.97 Å². The Morgan fingerprint density at radius 2 is 1.81 bits per heavy atom. The number of pyridine rings is 1. The van der Waals surface area contributed by atoms with E-state index >= 15 is 0 Å². The summed E-state index contributed by atoms with van der Waals surface area (Å²) in [6.07, 6.45) is -2.26. The summed E-state index contributed by atoms with van der Waals surface area (Å²) in [6.45, 7) is -0.0486. The minimum absolute atomic E-state index is 0.0478. The first-order chi connectivity index (χ1) is 15.1. The van der Waals surface area contributed by atoms with Gasteiger partial charge in [0.2, 0.25) is 5.88 Å². The Kier molecular flexibility index (Phi) is 5.84. The number of aromatic nitrogens is 3. The monoisotopic (exact) mass is 559 g/mol. The van der Waals surface area contributed by atoms with Crippen LogP contribution in [0.4, 0.5) is 22.0 Å². The number of halogens is 6. The van der Waals surface area contributed by atoms with Crippen LogP contribution in [0.25, 0.3) is 10.9 Å². The van der Waals surface area contributed by atoms with Gasteiger partial charge >= 0.3 is 6.18 Å². The van der Waals surface area contributed by atoms with Crippen molar-refractivity contribution in [3.05, 3.63) is 91.7 Å². The van der Waals surface area contributed by atoms with Crippen LogP contribution < -0.4 is 10.3 Å². The maximum absolute atomic E-state index is 14.0. The Hall–Kier alpha value is -3.09. The Morgan fingerprint density at radius 3 is 2.53 bits per heavy atom. The number of rotatable bonds is 4. The zero-order chi connectivity index (χ0) is 23.0. The average Bonchev–Trinajstić information content (AvgIpc) is 2.72.